The number of benzene rings is 2. The molecule has 0 amide bonds. The number of unbranched alkanes of at least 4 members (excludes halogenated alkanes) is 1. The van der Waals surface area contributed by atoms with Gasteiger partial charge in [0.05, 0.1) is 11.0 Å². The van der Waals surface area contributed by atoms with Crippen molar-refractivity contribution < 1.29 is 14.3 Å². The molecule has 3 aromatic rings. The molecule has 0 atom stereocenters. The first-order valence-electron chi connectivity index (χ1n) is 11.1. The van der Waals surface area contributed by atoms with Gasteiger partial charge < -0.3 is 10.0 Å². The Morgan fingerprint density at radius 3 is 2.39 bits per heavy atom. The second-order valence-corrected chi connectivity index (χ2v) is 8.23. The number of halogens is 1. The van der Waals surface area contributed by atoms with Gasteiger partial charge in [0.2, 0.25) is 0 Å². The number of hydrogen-bond donors (Lipinski definition) is 1. The van der Waals surface area contributed by atoms with Crippen LogP contribution in [-0.2, 0) is 11.2 Å². The van der Waals surface area contributed by atoms with Crippen molar-refractivity contribution in [3.05, 3.63) is 53.8 Å². The first-order valence-corrected chi connectivity index (χ1v) is 11.1. The molecule has 0 saturated carbocycles. The number of carboxylic acid groups (broad SMARTS) is 1. The van der Waals surface area contributed by atoms with Crippen molar-refractivity contribution in [1.82, 2.24) is 9.97 Å². The van der Waals surface area contributed by atoms with E-state index in [1.165, 1.54) is 25.0 Å². The van der Waals surface area contributed by atoms with Crippen molar-refractivity contribution >= 4 is 22.8 Å². The van der Waals surface area contributed by atoms with Crippen molar-refractivity contribution in [1.29, 1.82) is 0 Å². The molecular weight excluding hydrogens is 393 g/mol. The predicted octanol–water partition coefficient (Wildman–Crippen LogP) is 5.61. The maximum absolute atomic E-state index is 13.5. The summed E-state index contributed by atoms with van der Waals surface area (Å²) >= 11 is 0. The number of aliphatic carboxylic acids is 1. The number of carbonyl (C=O) groups is 1. The van der Waals surface area contributed by atoms with Gasteiger partial charge in [-0.1, -0.05) is 18.9 Å². The van der Waals surface area contributed by atoms with E-state index in [0.29, 0.717) is 6.42 Å². The van der Waals surface area contributed by atoms with E-state index in [2.05, 4.69) is 11.0 Å². The molecule has 6 heteroatoms. The van der Waals surface area contributed by atoms with Gasteiger partial charge in [-0.05, 0) is 74.1 Å². The quantitative estimate of drug-likeness (QED) is 0.502. The molecule has 1 N–H and O–H groups in total. The average molecular weight is 422 g/mol. The van der Waals surface area contributed by atoms with Crippen LogP contribution in [0.5, 0.6) is 0 Å². The van der Waals surface area contributed by atoms with Gasteiger partial charge in [-0.3, -0.25) is 4.79 Å². The van der Waals surface area contributed by atoms with Crippen LogP contribution in [0.3, 0.4) is 0 Å². The molecule has 5 nitrogen and oxygen atoms in total. The van der Waals surface area contributed by atoms with E-state index in [9.17, 15) is 9.18 Å². The second-order valence-electron chi connectivity index (χ2n) is 8.23. The van der Waals surface area contributed by atoms with Gasteiger partial charge in [0.25, 0.3) is 0 Å². The maximum Gasteiger partial charge on any atom is 0.303 e. The van der Waals surface area contributed by atoms with Gasteiger partial charge >= 0.3 is 5.97 Å². The van der Waals surface area contributed by atoms with E-state index in [1.807, 2.05) is 12.1 Å². The molecule has 0 aliphatic carbocycles. The molecule has 1 aliphatic heterocycles. The summed E-state index contributed by atoms with van der Waals surface area (Å²) in [4.78, 5) is 23.0. The van der Waals surface area contributed by atoms with Crippen LogP contribution < -0.4 is 4.90 Å². The third-order valence-electron chi connectivity index (χ3n) is 5.84. The SMILES string of the molecule is O=C(O)CCCCc1ccc2nc(-c3ccc(F)cc3)c(N3CCCCCC3)nc2c1. The molecule has 31 heavy (non-hydrogen) atoms. The topological polar surface area (TPSA) is 66.3 Å². The maximum atomic E-state index is 13.5. The van der Waals surface area contributed by atoms with E-state index in [0.717, 1.165) is 72.4 Å². The van der Waals surface area contributed by atoms with Gasteiger partial charge in [0.15, 0.2) is 5.82 Å². The summed E-state index contributed by atoms with van der Waals surface area (Å²) < 4.78 is 13.5. The summed E-state index contributed by atoms with van der Waals surface area (Å²) in [6.07, 6.45) is 7.24. The normalized spacial score (nSPS) is 14.5. The molecule has 0 unspecified atom stereocenters. The van der Waals surface area contributed by atoms with E-state index < -0.39 is 5.97 Å². The van der Waals surface area contributed by atoms with Gasteiger partial charge in [-0.15, -0.1) is 0 Å². The molecule has 1 fully saturated rings. The highest BCUT2D eigenvalue weighted by atomic mass is 19.1. The minimum atomic E-state index is -0.750. The van der Waals surface area contributed by atoms with E-state index >= 15 is 0 Å². The number of fused-ring (bicyclic) bond motifs is 1. The van der Waals surface area contributed by atoms with Crippen LogP contribution in [0.2, 0.25) is 0 Å². The molecule has 2 aromatic carbocycles. The zero-order chi connectivity index (χ0) is 21.6. The molecule has 4 rings (SSSR count). The minimum absolute atomic E-state index is 0.202. The lowest BCUT2D eigenvalue weighted by molar-refractivity contribution is -0.137. The van der Waals surface area contributed by atoms with Crippen molar-refractivity contribution in [2.24, 2.45) is 0 Å². The van der Waals surface area contributed by atoms with Crippen LogP contribution in [0.15, 0.2) is 42.5 Å². The largest absolute Gasteiger partial charge is 0.481 e. The van der Waals surface area contributed by atoms with Crippen LogP contribution in [-0.4, -0.2) is 34.1 Å². The molecular formula is C25H28FN3O2. The zero-order valence-electron chi connectivity index (χ0n) is 17.7. The highest BCUT2D eigenvalue weighted by Crippen LogP contribution is 2.31. The second kappa shape index (κ2) is 9.86. The van der Waals surface area contributed by atoms with Gasteiger partial charge in [0.1, 0.15) is 11.5 Å². The Bertz CT molecular complexity index is 1040. The number of aryl methyl sites for hydroxylation is 1. The first-order chi connectivity index (χ1) is 15.1. The summed E-state index contributed by atoms with van der Waals surface area (Å²) in [5, 5.41) is 8.82. The lowest BCUT2D eigenvalue weighted by Gasteiger charge is -2.24. The first kappa shape index (κ1) is 21.2. The van der Waals surface area contributed by atoms with Gasteiger partial charge in [-0.2, -0.15) is 0 Å². The standard InChI is InChI=1S/C25H28FN3O2/c26-20-12-10-19(11-13-20)24-25(29-15-5-1-2-6-16-29)28-22-17-18(9-14-21(22)27-24)7-3-4-8-23(30)31/h9-14,17H,1-8,15-16H2,(H,30,31). The van der Waals surface area contributed by atoms with E-state index in [1.54, 1.807) is 12.1 Å². The molecule has 162 valence electrons. The molecule has 0 radical (unpaired) electrons. The highest BCUT2D eigenvalue weighted by Gasteiger charge is 2.19. The number of rotatable bonds is 7. The molecule has 0 spiro atoms. The van der Waals surface area contributed by atoms with Crippen LogP contribution in [0, 0.1) is 5.82 Å². The number of carboxylic acids is 1. The van der Waals surface area contributed by atoms with Gasteiger partial charge in [0, 0.05) is 25.1 Å². The molecule has 1 saturated heterocycles. The molecule has 0 bridgehead atoms. The van der Waals surface area contributed by atoms with Crippen molar-refractivity contribution in [2.75, 3.05) is 18.0 Å². The number of nitrogens with zero attached hydrogens (tertiary/aromatic N) is 3. The summed E-state index contributed by atoms with van der Waals surface area (Å²) in [5.74, 6) is -0.148. The summed E-state index contributed by atoms with van der Waals surface area (Å²) in [5.41, 5.74) is 4.47. The van der Waals surface area contributed by atoms with Crippen molar-refractivity contribution in [2.45, 2.75) is 51.4 Å². The zero-order valence-corrected chi connectivity index (χ0v) is 17.7. The minimum Gasteiger partial charge on any atom is -0.481 e. The Kier molecular flexibility index (Phi) is 6.75. The Balaban J connectivity index is 1.69. The summed E-state index contributed by atoms with van der Waals surface area (Å²) in [6, 6.07) is 12.6. The van der Waals surface area contributed by atoms with Gasteiger partial charge in [-0.25, -0.2) is 14.4 Å². The fraction of sp³-hybridized carbons (Fsp3) is 0.400. The van der Waals surface area contributed by atoms with Crippen molar-refractivity contribution in [3.63, 3.8) is 0 Å². The lowest BCUT2D eigenvalue weighted by atomic mass is 10.1. The highest BCUT2D eigenvalue weighted by molar-refractivity contribution is 5.84. The Morgan fingerprint density at radius 1 is 0.935 bits per heavy atom. The van der Waals surface area contributed by atoms with E-state index in [-0.39, 0.29) is 12.2 Å². The Labute approximate surface area is 181 Å². The third-order valence-corrected chi connectivity index (χ3v) is 5.84. The monoisotopic (exact) mass is 421 g/mol. The Morgan fingerprint density at radius 2 is 1.68 bits per heavy atom. The van der Waals surface area contributed by atoms with Crippen LogP contribution in [0.1, 0.15) is 50.5 Å². The fourth-order valence-corrected chi connectivity index (χ4v) is 4.16. The average Bonchev–Trinajstić information content (AvgIpc) is 3.06. The summed E-state index contributed by atoms with van der Waals surface area (Å²) in [7, 11) is 0. The molecule has 1 aromatic heterocycles. The molecule has 1 aliphatic rings. The van der Waals surface area contributed by atoms with Crippen molar-refractivity contribution in [3.8, 4) is 11.3 Å². The van der Waals surface area contributed by atoms with Crippen LogP contribution in [0.4, 0.5) is 10.2 Å². The Hall–Kier alpha value is -3.02. The third kappa shape index (κ3) is 5.37. The smallest absolute Gasteiger partial charge is 0.303 e. The fourth-order valence-electron chi connectivity index (χ4n) is 4.16. The number of aromatic nitrogens is 2. The lowest BCUT2D eigenvalue weighted by Crippen LogP contribution is -2.26. The summed E-state index contributed by atoms with van der Waals surface area (Å²) in [6.45, 7) is 1.90. The predicted molar refractivity (Wildman–Crippen MR) is 121 cm³/mol. The van der Waals surface area contributed by atoms with Crippen LogP contribution in [0.25, 0.3) is 22.3 Å². The van der Waals surface area contributed by atoms with Crippen LogP contribution >= 0.6 is 0 Å². The van der Waals surface area contributed by atoms with E-state index in [4.69, 9.17) is 15.1 Å². The number of hydrogen-bond acceptors (Lipinski definition) is 4. The number of anilines is 1. The molecule has 2 heterocycles.